The van der Waals surface area contributed by atoms with Gasteiger partial charge in [-0.15, -0.1) is 11.3 Å². The summed E-state index contributed by atoms with van der Waals surface area (Å²) in [5, 5.41) is 14.0. The highest BCUT2D eigenvalue weighted by Crippen LogP contribution is 2.42. The number of rotatable bonds is 2. The number of carbonyl (C=O) groups is 1. The van der Waals surface area contributed by atoms with Crippen LogP contribution < -0.4 is 0 Å². The van der Waals surface area contributed by atoms with Crippen molar-refractivity contribution in [1.82, 2.24) is 0 Å². The minimum absolute atomic E-state index is 0.221. The van der Waals surface area contributed by atoms with Crippen LogP contribution >= 0.6 is 46.1 Å². The Morgan fingerprint density at radius 2 is 1.95 bits per heavy atom. The van der Waals surface area contributed by atoms with Crippen molar-refractivity contribution < 1.29 is 9.90 Å². The van der Waals surface area contributed by atoms with Crippen molar-refractivity contribution in [2.45, 2.75) is 41.4 Å². The third-order valence-electron chi connectivity index (χ3n) is 3.14. The number of carboxylic acids is 1. The fraction of sp³-hybridized carbons (Fsp3) is 0.583. The van der Waals surface area contributed by atoms with Crippen LogP contribution in [0.3, 0.4) is 0 Å². The van der Waals surface area contributed by atoms with Gasteiger partial charge in [0.25, 0.3) is 3.79 Å². The van der Waals surface area contributed by atoms with Gasteiger partial charge < -0.3 is 5.11 Å². The second kappa shape index (κ2) is 8.11. The van der Waals surface area contributed by atoms with Crippen molar-refractivity contribution in [2.24, 2.45) is 5.11 Å². The maximum atomic E-state index is 9.62. The molecule has 0 unspecified atom stereocenters. The smallest absolute Gasteiger partial charge is 0.356 e. The molecule has 0 aliphatic heterocycles. The molecule has 1 aliphatic carbocycles. The molecule has 0 atom stereocenters. The lowest BCUT2D eigenvalue weighted by Gasteiger charge is -2.31. The van der Waals surface area contributed by atoms with Gasteiger partial charge in [0.05, 0.1) is 5.54 Å². The molecule has 1 aliphatic rings. The molecule has 0 radical (unpaired) electrons. The van der Waals surface area contributed by atoms with Crippen LogP contribution in [0.1, 0.15) is 37.0 Å². The molecule has 1 saturated carbocycles. The number of aliphatic carboxylic acids is 1. The first-order valence-electron chi connectivity index (χ1n) is 6.22. The lowest BCUT2D eigenvalue weighted by Crippen LogP contribution is -2.24. The van der Waals surface area contributed by atoms with Crippen molar-refractivity contribution >= 4 is 52.1 Å². The molecule has 1 aromatic rings. The first kappa shape index (κ1) is 18.4. The Bertz CT molecular complexity index is 504. The number of halogens is 3. The van der Waals surface area contributed by atoms with E-state index in [0.717, 1.165) is 12.8 Å². The van der Waals surface area contributed by atoms with Gasteiger partial charge in [-0.25, -0.2) is 4.79 Å². The van der Waals surface area contributed by atoms with Crippen LogP contribution in [0, 0.1) is 0 Å². The van der Waals surface area contributed by atoms with Gasteiger partial charge in [-0.1, -0.05) is 65.2 Å². The quantitative estimate of drug-likeness (QED) is 0.315. The summed E-state index contributed by atoms with van der Waals surface area (Å²) in [7, 11) is 0. The summed E-state index contributed by atoms with van der Waals surface area (Å²) in [6, 6.07) is 4.12. The molecule has 5 nitrogen and oxygen atoms in total. The number of alkyl halides is 3. The predicted molar refractivity (Wildman–Crippen MR) is 86.2 cm³/mol. The van der Waals surface area contributed by atoms with E-state index >= 15 is 0 Å². The second-order valence-electron chi connectivity index (χ2n) is 4.56. The predicted octanol–water partition coefficient (Wildman–Crippen LogP) is 5.66. The average Bonchev–Trinajstić information content (AvgIpc) is 2.94. The number of hydrogen-bond acceptors (Lipinski definition) is 3. The molecule has 0 saturated heterocycles. The second-order valence-corrected chi connectivity index (χ2v) is 7.79. The Morgan fingerprint density at radius 1 is 1.38 bits per heavy atom. The van der Waals surface area contributed by atoms with E-state index in [9.17, 15) is 4.79 Å². The Balaban J connectivity index is 0.000000270. The van der Waals surface area contributed by atoms with Crippen LogP contribution in [0.15, 0.2) is 22.6 Å². The number of hydrogen-bond donors (Lipinski definition) is 1. The van der Waals surface area contributed by atoms with Crippen LogP contribution in [0.25, 0.3) is 10.4 Å². The fourth-order valence-electron chi connectivity index (χ4n) is 2.16. The molecule has 9 heteroatoms. The zero-order chi connectivity index (χ0) is 15.9. The van der Waals surface area contributed by atoms with Gasteiger partial charge in [-0.2, -0.15) is 0 Å². The molecular weight excluding hydrogens is 357 g/mol. The SMILES string of the molecule is O=C(O)C(Cl)(Cl)Cl.[N-]=[N+]=NC1(c2cccs2)CCCCC1. The molecule has 0 spiro atoms. The minimum atomic E-state index is -2.17. The van der Waals surface area contributed by atoms with Gasteiger partial charge in [-0.05, 0) is 29.8 Å². The summed E-state index contributed by atoms with van der Waals surface area (Å²) in [4.78, 5) is 13.9. The molecular formula is C12H14Cl3N3O2S. The van der Waals surface area contributed by atoms with Gasteiger partial charge >= 0.3 is 5.97 Å². The molecule has 2 rings (SSSR count). The molecule has 1 N–H and O–H groups in total. The average molecular weight is 371 g/mol. The van der Waals surface area contributed by atoms with Crippen molar-refractivity contribution in [3.63, 3.8) is 0 Å². The molecule has 21 heavy (non-hydrogen) atoms. The topological polar surface area (TPSA) is 86.1 Å². The number of carboxylic acid groups (broad SMARTS) is 1. The van der Waals surface area contributed by atoms with E-state index in [1.165, 1.54) is 24.1 Å². The summed E-state index contributed by atoms with van der Waals surface area (Å²) in [5.74, 6) is -1.46. The lowest BCUT2D eigenvalue weighted by molar-refractivity contribution is -0.135. The molecule has 0 bridgehead atoms. The van der Waals surface area contributed by atoms with E-state index in [1.54, 1.807) is 11.3 Å². The first-order valence-corrected chi connectivity index (χ1v) is 8.23. The Hall–Kier alpha value is -0.650. The third-order valence-corrected chi connectivity index (χ3v) is 4.69. The first-order chi connectivity index (χ1) is 9.82. The van der Waals surface area contributed by atoms with Crippen molar-refractivity contribution in [1.29, 1.82) is 0 Å². The number of nitrogens with zero attached hydrogens (tertiary/aromatic N) is 3. The summed E-state index contributed by atoms with van der Waals surface area (Å²) >= 11 is 16.1. The Kier molecular flexibility index (Phi) is 7.10. The van der Waals surface area contributed by atoms with Gasteiger partial charge in [0.2, 0.25) is 0 Å². The highest BCUT2D eigenvalue weighted by molar-refractivity contribution is 7.10. The standard InChI is InChI=1S/C10H13N3S.C2HCl3O2/c11-13-12-10(6-2-1-3-7-10)9-5-4-8-14-9;3-2(4,5)1(6)7/h4-5,8H,1-3,6-7H2;(H,6,7). The highest BCUT2D eigenvalue weighted by Gasteiger charge is 2.33. The monoisotopic (exact) mass is 369 g/mol. The maximum Gasteiger partial charge on any atom is 0.356 e. The van der Waals surface area contributed by atoms with Crippen LogP contribution in [-0.4, -0.2) is 14.9 Å². The van der Waals surface area contributed by atoms with Crippen molar-refractivity contribution in [2.75, 3.05) is 0 Å². The van der Waals surface area contributed by atoms with Crippen LogP contribution in [0.2, 0.25) is 0 Å². The highest BCUT2D eigenvalue weighted by atomic mass is 35.6. The maximum absolute atomic E-state index is 9.62. The summed E-state index contributed by atoms with van der Waals surface area (Å²) in [6.07, 6.45) is 5.65. The fourth-order valence-corrected chi connectivity index (χ4v) is 3.09. The van der Waals surface area contributed by atoms with Gasteiger partial charge in [-0.3, -0.25) is 0 Å². The normalized spacial score (nSPS) is 17.1. The molecule has 116 valence electrons. The van der Waals surface area contributed by atoms with Crippen LogP contribution in [0.4, 0.5) is 0 Å². The minimum Gasteiger partial charge on any atom is -0.478 e. The Morgan fingerprint density at radius 3 is 2.33 bits per heavy atom. The molecule has 1 aromatic heterocycles. The molecule has 0 amide bonds. The summed E-state index contributed by atoms with van der Waals surface area (Å²) in [5.41, 5.74) is 8.42. The van der Waals surface area contributed by atoms with Crippen molar-refractivity contribution in [3.05, 3.63) is 32.8 Å². The Labute approximate surface area is 141 Å². The van der Waals surface area contributed by atoms with E-state index in [2.05, 4.69) is 21.5 Å². The van der Waals surface area contributed by atoms with Crippen LogP contribution in [-0.2, 0) is 10.3 Å². The largest absolute Gasteiger partial charge is 0.478 e. The summed E-state index contributed by atoms with van der Waals surface area (Å²) in [6.45, 7) is 0. The van der Waals surface area contributed by atoms with Gasteiger partial charge in [0.15, 0.2) is 0 Å². The number of thiophene rings is 1. The summed E-state index contributed by atoms with van der Waals surface area (Å²) < 4.78 is -2.17. The zero-order valence-corrected chi connectivity index (χ0v) is 14.1. The van der Waals surface area contributed by atoms with Crippen LogP contribution in [0.5, 0.6) is 0 Å². The lowest BCUT2D eigenvalue weighted by atomic mass is 9.81. The molecule has 1 heterocycles. The molecule has 1 fully saturated rings. The van der Waals surface area contributed by atoms with E-state index < -0.39 is 9.76 Å². The van der Waals surface area contributed by atoms with Crippen molar-refractivity contribution in [3.8, 4) is 0 Å². The van der Waals surface area contributed by atoms with Gasteiger partial charge in [0.1, 0.15) is 0 Å². The zero-order valence-electron chi connectivity index (χ0n) is 11.0. The number of azide groups is 1. The van der Waals surface area contributed by atoms with E-state index in [1.807, 2.05) is 6.07 Å². The molecule has 0 aromatic carbocycles. The van der Waals surface area contributed by atoms with Gasteiger partial charge in [0, 0.05) is 9.79 Å². The van der Waals surface area contributed by atoms with E-state index in [-0.39, 0.29) is 5.54 Å². The third kappa shape index (κ3) is 5.57. The van der Waals surface area contributed by atoms with E-state index in [0.29, 0.717) is 0 Å². The van der Waals surface area contributed by atoms with E-state index in [4.69, 9.17) is 45.4 Å².